The maximum atomic E-state index is 10.2. The van der Waals surface area contributed by atoms with Crippen LogP contribution in [0.25, 0.3) is 0 Å². The Balaban J connectivity index is -0.00000116. The van der Waals surface area contributed by atoms with Gasteiger partial charge in [0.1, 0.15) is 0 Å². The van der Waals surface area contributed by atoms with Crippen molar-refractivity contribution in [3.8, 4) is 0 Å². The van der Waals surface area contributed by atoms with Crippen LogP contribution in [0.1, 0.15) is 439 Å². The van der Waals surface area contributed by atoms with Crippen molar-refractivity contribution >= 4 is 33.1 Å². The normalized spacial score (nSPS) is 11.1. The number of unbranched alkanes of at least 4 members (excludes halogenated alkanes) is 58. The van der Waals surface area contributed by atoms with Crippen LogP contribution < -0.4 is 10.2 Å². The van der Waals surface area contributed by atoms with Crippen molar-refractivity contribution in [1.82, 2.24) is 0 Å². The first-order valence-electron chi connectivity index (χ1n) is 36.1. The standard InChI is InChI=1S/2C18H36O2.2C18H37.Sn/c2*1-2-3-4-5-6-7-8-9-10-11-12-13-14-15-16-17-18(19)20;2*1-3-5-7-9-11-13-15-17-18-16-14-12-10-8-6-4-2;/h2*2-17H2,1H3,(H,19,20);2*1,3-18H2,2H3;/q;;;;+2/p-2. The van der Waals surface area contributed by atoms with Gasteiger partial charge in [-0.3, -0.25) is 0 Å². The number of aliphatic carboxylic acids is 2. The predicted octanol–water partition coefficient (Wildman–Crippen LogP) is 24.0. The number of carbonyl (C=O) groups excluding carboxylic acids is 2. The molecule has 0 aromatic carbocycles. The molecule has 0 bridgehead atoms. The van der Waals surface area contributed by atoms with Gasteiger partial charge in [0, 0.05) is 11.9 Å². The molecule has 0 rings (SSSR count). The summed E-state index contributed by atoms with van der Waals surface area (Å²) in [5, 5.41) is 20.4. The molecule has 5 heteroatoms. The topological polar surface area (TPSA) is 80.3 Å². The van der Waals surface area contributed by atoms with Gasteiger partial charge >= 0.3 is 171 Å². The van der Waals surface area contributed by atoms with Gasteiger partial charge in [-0.05, 0) is 25.7 Å². The van der Waals surface area contributed by atoms with Crippen molar-refractivity contribution < 1.29 is 19.8 Å². The Bertz CT molecular complexity index is 940. The van der Waals surface area contributed by atoms with Gasteiger partial charge in [-0.15, -0.1) is 0 Å². The molecule has 460 valence electrons. The molecular weight excluding hydrogens is 1050 g/mol. The van der Waals surface area contributed by atoms with E-state index in [1.807, 2.05) is 0 Å². The van der Waals surface area contributed by atoms with Gasteiger partial charge in [0.05, 0.1) is 0 Å². The summed E-state index contributed by atoms with van der Waals surface area (Å²) in [6, 6.07) is 0. The Morgan fingerprint density at radius 1 is 0.195 bits per heavy atom. The Kier molecular flexibility index (Phi) is 84.1. The van der Waals surface area contributed by atoms with Crippen LogP contribution in [0.3, 0.4) is 0 Å². The van der Waals surface area contributed by atoms with Crippen LogP contribution in [0.5, 0.6) is 0 Å². The van der Waals surface area contributed by atoms with E-state index in [0.717, 1.165) is 25.7 Å². The van der Waals surface area contributed by atoms with Crippen molar-refractivity contribution in [3.05, 3.63) is 0 Å². The number of rotatable bonds is 66. The summed E-state index contributed by atoms with van der Waals surface area (Å²) in [6.07, 6.45) is 87.6. The van der Waals surface area contributed by atoms with Crippen molar-refractivity contribution in [3.63, 3.8) is 0 Å². The number of hydrogen-bond donors (Lipinski definition) is 0. The zero-order valence-corrected chi connectivity index (χ0v) is 56.7. The van der Waals surface area contributed by atoms with E-state index in [1.165, 1.54) is 360 Å². The minimum absolute atomic E-state index is 0.00985. The number of carboxylic acid groups (broad SMARTS) is 2. The van der Waals surface area contributed by atoms with E-state index >= 15 is 0 Å². The number of carboxylic acids is 2. The zero-order valence-electron chi connectivity index (χ0n) is 53.8. The molecular formula is C72H144O4Sn. The van der Waals surface area contributed by atoms with E-state index in [-0.39, 0.29) is 34.0 Å². The Hall–Kier alpha value is -0.261. The Morgan fingerprint density at radius 3 is 0.442 bits per heavy atom. The van der Waals surface area contributed by atoms with Crippen LogP contribution in [0, 0.1) is 0 Å². The fraction of sp³-hybridized carbons (Fsp3) is 0.972. The molecule has 0 N–H and O–H groups in total. The van der Waals surface area contributed by atoms with E-state index in [4.69, 9.17) is 0 Å². The van der Waals surface area contributed by atoms with Crippen LogP contribution in [0.15, 0.2) is 0 Å². The summed E-state index contributed by atoms with van der Waals surface area (Å²) in [7, 11) is 0. The number of carbonyl (C=O) groups is 2. The molecule has 0 saturated carbocycles. The van der Waals surface area contributed by atoms with Crippen LogP contribution in [0.2, 0.25) is 8.87 Å². The number of hydrogen-bond acceptors (Lipinski definition) is 4. The minimum atomic E-state index is -0.903. The Labute approximate surface area is 497 Å². The second-order valence-corrected chi connectivity index (χ2v) is 28.8. The summed E-state index contributed by atoms with van der Waals surface area (Å²) in [4.78, 5) is 20.4. The fourth-order valence-corrected chi connectivity index (χ4v) is 14.6. The zero-order chi connectivity index (χ0) is 56.5. The second-order valence-electron chi connectivity index (χ2n) is 24.5. The summed E-state index contributed by atoms with van der Waals surface area (Å²) in [5.74, 6) is -1.81. The van der Waals surface area contributed by atoms with E-state index in [2.05, 4.69) is 27.7 Å². The van der Waals surface area contributed by atoms with Crippen LogP contribution in [0.4, 0.5) is 0 Å². The van der Waals surface area contributed by atoms with Gasteiger partial charge in [0.2, 0.25) is 0 Å². The molecule has 0 saturated heterocycles. The Morgan fingerprint density at radius 2 is 0.312 bits per heavy atom. The van der Waals surface area contributed by atoms with Crippen molar-refractivity contribution in [2.45, 2.75) is 448 Å². The van der Waals surface area contributed by atoms with Crippen LogP contribution in [-0.4, -0.2) is 33.1 Å². The summed E-state index contributed by atoms with van der Waals surface area (Å²) < 4.78 is 3.33. The molecule has 77 heavy (non-hydrogen) atoms. The average Bonchev–Trinajstić information content (AvgIpc) is 3.42. The molecule has 0 aliphatic heterocycles. The molecule has 0 aliphatic carbocycles. The first kappa shape index (κ1) is 81.0. The SMILES string of the molecule is CCCCCCCCCCCCCCCCCC(=O)[O-].CCCCCCCCCCCCCCCCCC(=O)[O-].CCCCCCCCCCCCCCCCC[CH2][Sn+2][CH2]CCCCCCCCCCCCCCCCC. The monoisotopic (exact) mass is 1190 g/mol. The summed E-state index contributed by atoms with van der Waals surface area (Å²) >= 11 is 0.00985. The van der Waals surface area contributed by atoms with Gasteiger partial charge in [-0.2, -0.15) is 0 Å². The van der Waals surface area contributed by atoms with Crippen LogP contribution >= 0.6 is 0 Å². The van der Waals surface area contributed by atoms with Gasteiger partial charge in [-0.1, -0.05) is 272 Å². The van der Waals surface area contributed by atoms with Crippen molar-refractivity contribution in [2.75, 3.05) is 0 Å². The quantitative estimate of drug-likeness (QED) is 0.0449. The molecule has 0 aromatic rings. The molecule has 0 fully saturated rings. The molecule has 0 atom stereocenters. The molecule has 0 unspecified atom stereocenters. The molecule has 0 aliphatic rings. The van der Waals surface area contributed by atoms with Gasteiger partial charge in [-0.25, -0.2) is 0 Å². The molecule has 0 spiro atoms. The van der Waals surface area contributed by atoms with Gasteiger partial charge in [0.25, 0.3) is 0 Å². The van der Waals surface area contributed by atoms with Crippen LogP contribution in [-0.2, 0) is 9.59 Å². The van der Waals surface area contributed by atoms with E-state index in [1.54, 1.807) is 21.7 Å². The molecule has 0 heterocycles. The third kappa shape index (κ3) is 89.8. The van der Waals surface area contributed by atoms with E-state index in [0.29, 0.717) is 0 Å². The van der Waals surface area contributed by atoms with E-state index < -0.39 is 11.9 Å². The fourth-order valence-electron chi connectivity index (χ4n) is 11.0. The van der Waals surface area contributed by atoms with Gasteiger partial charge in [0.15, 0.2) is 0 Å². The first-order chi connectivity index (χ1) is 38.0. The van der Waals surface area contributed by atoms with Crippen molar-refractivity contribution in [1.29, 1.82) is 0 Å². The maximum absolute atomic E-state index is 10.2. The predicted molar refractivity (Wildman–Crippen MR) is 344 cm³/mol. The molecule has 4 nitrogen and oxygen atoms in total. The summed E-state index contributed by atoms with van der Waals surface area (Å²) in [5.41, 5.74) is 0. The first-order valence-corrected chi connectivity index (χ1v) is 40.1. The minimum Gasteiger partial charge on any atom is -0.0654 e. The third-order valence-corrected chi connectivity index (χ3v) is 20.4. The van der Waals surface area contributed by atoms with Crippen molar-refractivity contribution in [2.24, 2.45) is 0 Å². The molecule has 0 aromatic heterocycles. The molecule has 0 radical (unpaired) electrons. The second kappa shape index (κ2) is 80.0. The van der Waals surface area contributed by atoms with Gasteiger partial charge < -0.3 is 19.8 Å². The average molecular weight is 1190 g/mol. The third-order valence-electron chi connectivity index (χ3n) is 16.4. The van der Waals surface area contributed by atoms with E-state index in [9.17, 15) is 19.8 Å². The molecule has 0 amide bonds. The summed E-state index contributed by atoms with van der Waals surface area (Å²) in [6.45, 7) is 9.16. The smallest absolute Gasteiger partial charge is 0.0654 e.